The van der Waals surface area contributed by atoms with Gasteiger partial charge in [0, 0.05) is 34.1 Å². The third kappa shape index (κ3) is 5.27. The minimum atomic E-state index is -0.647. The summed E-state index contributed by atoms with van der Waals surface area (Å²) in [7, 11) is 0. The predicted molar refractivity (Wildman–Crippen MR) is 121 cm³/mol. The SMILES string of the molecule is Cc1cc(CNC(=O)c2cc(CCBr)cc(-c3c(C)cc(F)cc3F)c2)ccc1Cl. The Morgan fingerprint density at radius 2 is 1.77 bits per heavy atom. The fourth-order valence-electron chi connectivity index (χ4n) is 3.39. The Morgan fingerprint density at radius 3 is 2.43 bits per heavy atom. The molecule has 0 unspecified atom stereocenters. The van der Waals surface area contributed by atoms with Crippen LogP contribution in [0.5, 0.6) is 0 Å². The maximum atomic E-state index is 14.5. The molecule has 1 N–H and O–H groups in total. The zero-order valence-corrected chi connectivity index (χ0v) is 19.0. The highest BCUT2D eigenvalue weighted by molar-refractivity contribution is 9.09. The lowest BCUT2D eigenvalue weighted by molar-refractivity contribution is 0.0951. The average molecular weight is 493 g/mol. The van der Waals surface area contributed by atoms with Gasteiger partial charge in [0.1, 0.15) is 11.6 Å². The molecular formula is C24H21BrClF2NO. The van der Waals surface area contributed by atoms with Gasteiger partial charge in [-0.25, -0.2) is 8.78 Å². The van der Waals surface area contributed by atoms with Crippen LogP contribution < -0.4 is 5.32 Å². The molecule has 0 heterocycles. The highest BCUT2D eigenvalue weighted by Gasteiger charge is 2.15. The number of benzene rings is 3. The van der Waals surface area contributed by atoms with Gasteiger partial charge in [0.25, 0.3) is 5.91 Å². The number of aryl methyl sites for hydroxylation is 3. The molecule has 0 aliphatic carbocycles. The molecule has 3 aromatic carbocycles. The number of halogens is 4. The van der Waals surface area contributed by atoms with Gasteiger partial charge in [0.05, 0.1) is 0 Å². The van der Waals surface area contributed by atoms with Crippen molar-refractivity contribution in [2.45, 2.75) is 26.8 Å². The third-order valence-corrected chi connectivity index (χ3v) is 5.68. The van der Waals surface area contributed by atoms with E-state index in [9.17, 15) is 13.6 Å². The van der Waals surface area contributed by atoms with E-state index in [-0.39, 0.29) is 5.91 Å². The number of carbonyl (C=O) groups is 1. The number of hydrogen-bond acceptors (Lipinski definition) is 1. The van der Waals surface area contributed by atoms with Crippen molar-refractivity contribution in [3.05, 3.63) is 93.0 Å². The average Bonchev–Trinajstić information content (AvgIpc) is 2.68. The van der Waals surface area contributed by atoms with Gasteiger partial charge in [-0.15, -0.1) is 0 Å². The lowest BCUT2D eigenvalue weighted by atomic mass is 9.95. The van der Waals surface area contributed by atoms with Gasteiger partial charge in [-0.2, -0.15) is 0 Å². The molecule has 1 amide bonds. The van der Waals surface area contributed by atoms with Crippen molar-refractivity contribution >= 4 is 33.4 Å². The van der Waals surface area contributed by atoms with Crippen molar-refractivity contribution in [3.8, 4) is 11.1 Å². The van der Waals surface area contributed by atoms with Crippen molar-refractivity contribution < 1.29 is 13.6 Å². The van der Waals surface area contributed by atoms with Crippen LogP contribution in [0.2, 0.25) is 5.02 Å². The Labute approximate surface area is 188 Å². The van der Waals surface area contributed by atoms with Crippen LogP contribution in [0.4, 0.5) is 8.78 Å². The molecule has 0 aliphatic rings. The molecular weight excluding hydrogens is 472 g/mol. The summed E-state index contributed by atoms with van der Waals surface area (Å²) in [6, 6.07) is 13.0. The summed E-state index contributed by atoms with van der Waals surface area (Å²) in [5.41, 5.74) is 4.52. The normalized spacial score (nSPS) is 10.9. The summed E-state index contributed by atoms with van der Waals surface area (Å²) in [6.45, 7) is 3.91. The van der Waals surface area contributed by atoms with Gasteiger partial charge in [-0.1, -0.05) is 45.7 Å². The van der Waals surface area contributed by atoms with Crippen molar-refractivity contribution in [1.82, 2.24) is 5.32 Å². The lowest BCUT2D eigenvalue weighted by Gasteiger charge is -2.13. The summed E-state index contributed by atoms with van der Waals surface area (Å²) in [5, 5.41) is 4.28. The first-order valence-corrected chi connectivity index (χ1v) is 11.0. The smallest absolute Gasteiger partial charge is 0.251 e. The number of hydrogen-bond donors (Lipinski definition) is 1. The summed E-state index contributed by atoms with van der Waals surface area (Å²) in [5.74, 6) is -1.53. The van der Waals surface area contributed by atoms with Gasteiger partial charge >= 0.3 is 0 Å². The molecule has 0 saturated heterocycles. The molecule has 0 spiro atoms. The molecule has 0 bridgehead atoms. The molecule has 0 aromatic heterocycles. The minimum Gasteiger partial charge on any atom is -0.348 e. The van der Waals surface area contributed by atoms with E-state index in [0.717, 1.165) is 22.8 Å². The summed E-state index contributed by atoms with van der Waals surface area (Å²) < 4.78 is 28.1. The van der Waals surface area contributed by atoms with E-state index in [1.54, 1.807) is 25.1 Å². The van der Waals surface area contributed by atoms with Crippen molar-refractivity contribution in [3.63, 3.8) is 0 Å². The Bertz CT molecular complexity index is 1080. The quantitative estimate of drug-likeness (QED) is 0.378. The van der Waals surface area contributed by atoms with Gasteiger partial charge in [-0.3, -0.25) is 4.79 Å². The van der Waals surface area contributed by atoms with Crippen LogP contribution >= 0.6 is 27.5 Å². The van der Waals surface area contributed by atoms with Crippen molar-refractivity contribution in [2.75, 3.05) is 5.33 Å². The van der Waals surface area contributed by atoms with Gasteiger partial charge in [0.2, 0.25) is 0 Å². The van der Waals surface area contributed by atoms with Crippen LogP contribution in [0.15, 0.2) is 48.5 Å². The molecule has 0 atom stereocenters. The number of nitrogens with one attached hydrogen (secondary N) is 1. The molecule has 6 heteroatoms. The first-order chi connectivity index (χ1) is 14.3. The second-order valence-electron chi connectivity index (χ2n) is 7.20. The van der Waals surface area contributed by atoms with E-state index in [1.807, 2.05) is 25.1 Å². The Hall–Kier alpha value is -2.24. The maximum absolute atomic E-state index is 14.5. The standard InChI is InChI=1S/C24H21BrClF2NO/c1-14-7-17(3-4-21(14)26)13-29-24(30)19-10-16(5-6-25)9-18(11-19)23-15(2)8-20(27)12-22(23)28/h3-4,7-12H,5-6,13H2,1-2H3,(H,29,30). The Morgan fingerprint density at radius 1 is 1.00 bits per heavy atom. The Balaban J connectivity index is 1.92. The summed E-state index contributed by atoms with van der Waals surface area (Å²) in [6.07, 6.45) is 0.673. The van der Waals surface area contributed by atoms with E-state index >= 15 is 0 Å². The zero-order chi connectivity index (χ0) is 21.8. The predicted octanol–water partition coefficient (Wildman–Crippen LogP) is 6.77. The lowest BCUT2D eigenvalue weighted by Crippen LogP contribution is -2.23. The Kier molecular flexibility index (Phi) is 7.27. The molecule has 0 saturated carbocycles. The molecule has 0 radical (unpaired) electrons. The van der Waals surface area contributed by atoms with E-state index < -0.39 is 11.6 Å². The van der Waals surface area contributed by atoms with E-state index in [4.69, 9.17) is 11.6 Å². The van der Waals surface area contributed by atoms with Crippen molar-refractivity contribution in [2.24, 2.45) is 0 Å². The molecule has 2 nitrogen and oxygen atoms in total. The molecule has 3 rings (SSSR count). The van der Waals surface area contributed by atoms with Gasteiger partial charge in [-0.05, 0) is 72.4 Å². The fourth-order valence-corrected chi connectivity index (χ4v) is 3.97. The van der Waals surface area contributed by atoms with E-state index in [2.05, 4.69) is 21.2 Å². The number of alkyl halides is 1. The van der Waals surface area contributed by atoms with Crippen LogP contribution in [0.1, 0.15) is 32.6 Å². The first kappa shape index (κ1) is 22.4. The second kappa shape index (κ2) is 9.71. The summed E-state index contributed by atoms with van der Waals surface area (Å²) >= 11 is 9.46. The third-order valence-electron chi connectivity index (χ3n) is 4.85. The zero-order valence-electron chi connectivity index (χ0n) is 16.7. The topological polar surface area (TPSA) is 29.1 Å². The van der Waals surface area contributed by atoms with Crippen LogP contribution in [-0.4, -0.2) is 11.2 Å². The number of rotatable bonds is 6. The molecule has 30 heavy (non-hydrogen) atoms. The largest absolute Gasteiger partial charge is 0.348 e. The van der Waals surface area contributed by atoms with Gasteiger partial charge < -0.3 is 5.32 Å². The molecule has 0 fully saturated rings. The van der Waals surface area contributed by atoms with Crippen molar-refractivity contribution in [1.29, 1.82) is 0 Å². The second-order valence-corrected chi connectivity index (χ2v) is 8.40. The number of carbonyl (C=O) groups excluding carboxylic acids is 1. The van der Waals surface area contributed by atoms with Crippen LogP contribution in [-0.2, 0) is 13.0 Å². The van der Waals surface area contributed by atoms with Gasteiger partial charge in [0.15, 0.2) is 0 Å². The monoisotopic (exact) mass is 491 g/mol. The highest BCUT2D eigenvalue weighted by atomic mass is 79.9. The van der Waals surface area contributed by atoms with E-state index in [0.29, 0.717) is 45.6 Å². The van der Waals surface area contributed by atoms with E-state index in [1.165, 1.54) is 6.07 Å². The van der Waals surface area contributed by atoms with Crippen LogP contribution in [0.3, 0.4) is 0 Å². The molecule has 156 valence electrons. The minimum absolute atomic E-state index is 0.263. The summed E-state index contributed by atoms with van der Waals surface area (Å²) in [4.78, 5) is 12.8. The molecule has 3 aromatic rings. The van der Waals surface area contributed by atoms with Crippen LogP contribution in [0, 0.1) is 25.5 Å². The highest BCUT2D eigenvalue weighted by Crippen LogP contribution is 2.30. The maximum Gasteiger partial charge on any atom is 0.251 e. The first-order valence-electron chi connectivity index (χ1n) is 9.47. The fraction of sp³-hybridized carbons (Fsp3) is 0.208. The number of amides is 1. The van der Waals surface area contributed by atoms with Crippen LogP contribution in [0.25, 0.3) is 11.1 Å². The molecule has 0 aliphatic heterocycles.